The molecule has 0 aliphatic rings. The van der Waals surface area contributed by atoms with E-state index in [1.54, 1.807) is 30.3 Å². The van der Waals surface area contributed by atoms with Gasteiger partial charge in [-0.05, 0) is 19.1 Å². The molecule has 3 nitrogen and oxygen atoms in total. The second-order valence-corrected chi connectivity index (χ2v) is 2.38. The first-order valence-electron chi connectivity index (χ1n) is 3.62. The second kappa shape index (κ2) is 3.88. The number of benzene rings is 1. The minimum atomic E-state index is -1.33. The first kappa shape index (κ1) is 8.74. The van der Waals surface area contributed by atoms with Crippen molar-refractivity contribution < 1.29 is 14.6 Å². The van der Waals surface area contributed by atoms with E-state index in [2.05, 4.69) is 0 Å². The van der Waals surface area contributed by atoms with E-state index in [0.29, 0.717) is 5.75 Å². The van der Waals surface area contributed by atoms with Gasteiger partial charge in [-0.2, -0.15) is 0 Å². The van der Waals surface area contributed by atoms with Crippen molar-refractivity contribution in [1.82, 2.24) is 0 Å². The van der Waals surface area contributed by atoms with E-state index in [4.69, 9.17) is 4.74 Å². The summed E-state index contributed by atoms with van der Waals surface area (Å²) in [5, 5.41) is 10.6. The van der Waals surface area contributed by atoms with Gasteiger partial charge in [-0.25, -0.2) is 9.90 Å². The van der Waals surface area contributed by atoms with Gasteiger partial charge in [0.2, 0.25) is 0 Å². The summed E-state index contributed by atoms with van der Waals surface area (Å²) >= 11 is 0. The molecule has 0 saturated carbocycles. The van der Waals surface area contributed by atoms with Gasteiger partial charge in [0, 0.05) is 0 Å². The van der Waals surface area contributed by atoms with Crippen molar-refractivity contribution in [1.29, 1.82) is 0 Å². The van der Waals surface area contributed by atoms with Crippen LogP contribution in [-0.4, -0.2) is 12.1 Å². The highest BCUT2D eigenvalue weighted by Crippen LogP contribution is 2.08. The van der Waals surface area contributed by atoms with E-state index in [-0.39, 0.29) is 0 Å². The Morgan fingerprint density at radius 1 is 1.33 bits per heavy atom. The van der Waals surface area contributed by atoms with Crippen LogP contribution in [-0.2, 0) is 9.90 Å². The van der Waals surface area contributed by atoms with Gasteiger partial charge in [-0.3, -0.25) is 0 Å². The maximum absolute atomic E-state index is 10.8. The molecular formula is C9H9O3. The molecule has 0 spiro atoms. The largest absolute Gasteiger partial charge is 0.425 e. The van der Waals surface area contributed by atoms with E-state index < -0.39 is 12.1 Å². The Kier molecular flexibility index (Phi) is 2.82. The maximum Gasteiger partial charge on any atom is 0.343 e. The summed E-state index contributed by atoms with van der Waals surface area (Å²) in [6, 6.07) is 8.52. The molecule has 1 rings (SSSR count). The number of esters is 1. The molecule has 12 heavy (non-hydrogen) atoms. The average Bonchev–Trinajstić information content (AvgIpc) is 2.06. The predicted molar refractivity (Wildman–Crippen MR) is 42.2 cm³/mol. The molecule has 0 aliphatic carbocycles. The Morgan fingerprint density at radius 3 is 2.42 bits per heavy atom. The summed E-state index contributed by atoms with van der Waals surface area (Å²) in [6.45, 7) is 1.26. The number of rotatable bonds is 2. The number of carbonyl (C=O) groups is 1. The number of para-hydroxylation sites is 1. The first-order chi connectivity index (χ1) is 5.70. The molecule has 0 heterocycles. The highest BCUT2D eigenvalue weighted by Gasteiger charge is 2.12. The number of carbonyl (C=O) groups excluding carboxylic acids is 1. The van der Waals surface area contributed by atoms with Gasteiger partial charge in [0.05, 0.1) is 0 Å². The van der Waals surface area contributed by atoms with Crippen LogP contribution < -0.4 is 4.74 Å². The van der Waals surface area contributed by atoms with E-state index in [1.807, 2.05) is 0 Å². The first-order valence-corrected chi connectivity index (χ1v) is 3.62. The van der Waals surface area contributed by atoms with Crippen LogP contribution >= 0.6 is 0 Å². The quantitative estimate of drug-likeness (QED) is 0.491. The summed E-state index contributed by atoms with van der Waals surface area (Å²) < 4.78 is 4.72. The highest BCUT2D eigenvalue weighted by atomic mass is 16.5. The third-order valence-electron chi connectivity index (χ3n) is 1.29. The zero-order valence-electron chi connectivity index (χ0n) is 6.69. The van der Waals surface area contributed by atoms with Gasteiger partial charge in [0.25, 0.3) is 0 Å². The Bertz CT molecular complexity index is 254. The molecule has 1 aromatic rings. The molecule has 0 saturated heterocycles. The average molecular weight is 165 g/mol. The van der Waals surface area contributed by atoms with Gasteiger partial charge >= 0.3 is 5.97 Å². The topological polar surface area (TPSA) is 46.2 Å². The monoisotopic (exact) mass is 165 g/mol. The van der Waals surface area contributed by atoms with Crippen LogP contribution in [0.1, 0.15) is 6.92 Å². The summed E-state index contributed by atoms with van der Waals surface area (Å²) in [6.07, 6.45) is -1.33. The maximum atomic E-state index is 10.8. The molecule has 1 atom stereocenters. The Hall–Kier alpha value is -1.35. The Balaban J connectivity index is 2.59. The lowest BCUT2D eigenvalue weighted by Gasteiger charge is -2.03. The zero-order chi connectivity index (χ0) is 8.97. The van der Waals surface area contributed by atoms with Crippen molar-refractivity contribution in [3.05, 3.63) is 30.3 Å². The number of hydrogen-bond acceptors (Lipinski definition) is 2. The van der Waals surface area contributed by atoms with Crippen LogP contribution in [0.15, 0.2) is 30.3 Å². The normalized spacial score (nSPS) is 12.2. The van der Waals surface area contributed by atoms with E-state index >= 15 is 0 Å². The summed E-state index contributed by atoms with van der Waals surface area (Å²) in [5.74, 6) is -0.341. The highest BCUT2D eigenvalue weighted by molar-refractivity contribution is 5.76. The van der Waals surface area contributed by atoms with Gasteiger partial charge < -0.3 is 4.74 Å². The third-order valence-corrected chi connectivity index (χ3v) is 1.29. The summed E-state index contributed by atoms with van der Waals surface area (Å²) in [4.78, 5) is 10.8. The fourth-order valence-electron chi connectivity index (χ4n) is 0.688. The van der Waals surface area contributed by atoms with E-state index in [0.717, 1.165) is 0 Å². The molecule has 3 heteroatoms. The van der Waals surface area contributed by atoms with Crippen LogP contribution in [0.4, 0.5) is 0 Å². The molecule has 1 radical (unpaired) electrons. The molecule has 0 aromatic heterocycles. The van der Waals surface area contributed by atoms with Crippen molar-refractivity contribution in [2.24, 2.45) is 0 Å². The van der Waals surface area contributed by atoms with Crippen LogP contribution in [0.5, 0.6) is 5.75 Å². The fourth-order valence-corrected chi connectivity index (χ4v) is 0.688. The Labute approximate surface area is 70.6 Å². The second-order valence-electron chi connectivity index (χ2n) is 2.38. The number of ether oxygens (including phenoxy) is 1. The minimum Gasteiger partial charge on any atom is -0.425 e. The molecule has 63 valence electrons. The minimum absolute atomic E-state index is 0.408. The SMILES string of the molecule is CC([O])C(=O)Oc1ccccc1. The van der Waals surface area contributed by atoms with Crippen molar-refractivity contribution in [2.75, 3.05) is 0 Å². The fraction of sp³-hybridized carbons (Fsp3) is 0.222. The molecule has 0 fully saturated rings. The lowest BCUT2D eigenvalue weighted by Crippen LogP contribution is -2.20. The van der Waals surface area contributed by atoms with Crippen LogP contribution in [0.2, 0.25) is 0 Å². The van der Waals surface area contributed by atoms with Crippen molar-refractivity contribution in [3.63, 3.8) is 0 Å². The van der Waals surface area contributed by atoms with E-state index in [9.17, 15) is 9.90 Å². The van der Waals surface area contributed by atoms with Crippen molar-refractivity contribution >= 4 is 5.97 Å². The standard InChI is InChI=1S/C9H9O3/c1-7(10)9(11)12-8-5-3-2-4-6-8/h2-7H,1H3. The summed E-state index contributed by atoms with van der Waals surface area (Å²) in [5.41, 5.74) is 0. The summed E-state index contributed by atoms with van der Waals surface area (Å²) in [7, 11) is 0. The molecule has 1 unspecified atom stereocenters. The lowest BCUT2D eigenvalue weighted by molar-refractivity contribution is -0.146. The zero-order valence-corrected chi connectivity index (χ0v) is 6.69. The molecule has 1 aromatic carbocycles. The number of hydrogen-bond donors (Lipinski definition) is 0. The lowest BCUT2D eigenvalue weighted by atomic mass is 10.3. The molecule has 0 aliphatic heterocycles. The molecule has 0 bridgehead atoms. The molecule has 0 N–H and O–H groups in total. The van der Waals surface area contributed by atoms with Crippen LogP contribution in [0.25, 0.3) is 0 Å². The van der Waals surface area contributed by atoms with Gasteiger partial charge in [0.15, 0.2) is 6.10 Å². The van der Waals surface area contributed by atoms with Crippen LogP contribution in [0.3, 0.4) is 0 Å². The van der Waals surface area contributed by atoms with Gasteiger partial charge in [-0.15, -0.1) is 0 Å². The van der Waals surface area contributed by atoms with Gasteiger partial charge in [0.1, 0.15) is 5.75 Å². The Morgan fingerprint density at radius 2 is 1.92 bits per heavy atom. The van der Waals surface area contributed by atoms with E-state index in [1.165, 1.54) is 6.92 Å². The smallest absolute Gasteiger partial charge is 0.343 e. The van der Waals surface area contributed by atoms with Crippen LogP contribution in [0, 0.1) is 0 Å². The van der Waals surface area contributed by atoms with Gasteiger partial charge in [-0.1, -0.05) is 18.2 Å². The molecule has 0 amide bonds. The molecular weight excluding hydrogens is 156 g/mol. The third kappa shape index (κ3) is 2.36. The predicted octanol–water partition coefficient (Wildman–Crippen LogP) is 1.41. The van der Waals surface area contributed by atoms with Crippen molar-refractivity contribution in [2.45, 2.75) is 13.0 Å². The van der Waals surface area contributed by atoms with Crippen molar-refractivity contribution in [3.8, 4) is 5.75 Å².